The lowest BCUT2D eigenvalue weighted by Crippen LogP contribution is -2.36. The van der Waals surface area contributed by atoms with Gasteiger partial charge in [-0.25, -0.2) is 13.1 Å². The first-order valence-electron chi connectivity index (χ1n) is 6.48. The largest absolute Gasteiger partial charge is 0.398 e. The van der Waals surface area contributed by atoms with Crippen molar-refractivity contribution in [3.05, 3.63) is 22.2 Å². The van der Waals surface area contributed by atoms with Gasteiger partial charge in [0.2, 0.25) is 10.0 Å². The van der Waals surface area contributed by atoms with Gasteiger partial charge in [-0.2, -0.15) is 0 Å². The summed E-state index contributed by atoms with van der Waals surface area (Å²) in [5.74, 6) is 0. The zero-order valence-corrected chi connectivity index (χ0v) is 13.4. The second-order valence-electron chi connectivity index (χ2n) is 5.07. The lowest BCUT2D eigenvalue weighted by Gasteiger charge is -2.23. The van der Waals surface area contributed by atoms with Crippen molar-refractivity contribution in [1.29, 1.82) is 0 Å². The second-order valence-corrected chi connectivity index (χ2v) is 7.67. The Bertz CT molecular complexity index is 566. The minimum Gasteiger partial charge on any atom is -0.398 e. The van der Waals surface area contributed by atoms with Crippen molar-refractivity contribution < 1.29 is 8.42 Å². The molecular weight excluding hydrogens is 328 g/mol. The Hall–Kier alpha value is -0.590. The van der Waals surface area contributed by atoms with Crippen LogP contribution in [0.2, 0.25) is 0 Å². The van der Waals surface area contributed by atoms with Crippen LogP contribution in [0.15, 0.2) is 21.5 Å². The van der Waals surface area contributed by atoms with E-state index < -0.39 is 10.0 Å². The molecule has 0 bridgehead atoms. The lowest BCUT2D eigenvalue weighted by atomic mass is 9.96. The Morgan fingerprint density at radius 2 is 1.89 bits per heavy atom. The molecule has 0 heterocycles. The van der Waals surface area contributed by atoms with Gasteiger partial charge in [-0.15, -0.1) is 0 Å². The maximum Gasteiger partial charge on any atom is 0.241 e. The van der Waals surface area contributed by atoms with Crippen molar-refractivity contribution in [3.63, 3.8) is 0 Å². The van der Waals surface area contributed by atoms with Crippen LogP contribution in [0.25, 0.3) is 0 Å². The molecule has 0 atom stereocenters. The molecule has 3 N–H and O–H groups in total. The van der Waals surface area contributed by atoms with E-state index in [0.29, 0.717) is 15.7 Å². The summed E-state index contributed by atoms with van der Waals surface area (Å²) in [6.45, 7) is 1.73. The summed E-state index contributed by atoms with van der Waals surface area (Å²) in [5.41, 5.74) is 6.92. The summed E-state index contributed by atoms with van der Waals surface area (Å²) in [4.78, 5) is 0.268. The summed E-state index contributed by atoms with van der Waals surface area (Å²) in [6.07, 6.45) is 5.21. The topological polar surface area (TPSA) is 72.2 Å². The number of nitrogens with one attached hydrogen (secondary N) is 1. The summed E-state index contributed by atoms with van der Waals surface area (Å²) in [6, 6.07) is 3.38. The zero-order valence-electron chi connectivity index (χ0n) is 10.9. The van der Waals surface area contributed by atoms with Crippen LogP contribution in [0, 0.1) is 6.92 Å². The van der Waals surface area contributed by atoms with Crippen LogP contribution < -0.4 is 10.5 Å². The van der Waals surface area contributed by atoms with E-state index in [-0.39, 0.29) is 10.9 Å². The number of benzene rings is 1. The van der Waals surface area contributed by atoms with E-state index in [2.05, 4.69) is 20.7 Å². The highest BCUT2D eigenvalue weighted by atomic mass is 79.9. The standard InChI is InChI=1S/C13H19BrN2O2S/c1-9-12(15)7-10(14)8-13(9)19(17,18)16-11-5-3-2-4-6-11/h7-8,11,16H,2-6,15H2,1H3. The average molecular weight is 347 g/mol. The predicted molar refractivity (Wildman–Crippen MR) is 80.5 cm³/mol. The molecule has 0 unspecified atom stereocenters. The van der Waals surface area contributed by atoms with Gasteiger partial charge >= 0.3 is 0 Å². The molecule has 0 radical (unpaired) electrons. The van der Waals surface area contributed by atoms with Crippen molar-refractivity contribution in [2.24, 2.45) is 0 Å². The molecule has 1 aromatic carbocycles. The highest BCUT2D eigenvalue weighted by Gasteiger charge is 2.24. The maximum absolute atomic E-state index is 12.4. The first-order valence-corrected chi connectivity index (χ1v) is 8.76. The molecule has 1 aliphatic carbocycles. The highest BCUT2D eigenvalue weighted by molar-refractivity contribution is 9.10. The number of hydrogen-bond donors (Lipinski definition) is 2. The Balaban J connectivity index is 2.28. The summed E-state index contributed by atoms with van der Waals surface area (Å²) in [7, 11) is -3.50. The quantitative estimate of drug-likeness (QED) is 0.826. The number of halogens is 1. The number of rotatable bonds is 3. The fraction of sp³-hybridized carbons (Fsp3) is 0.538. The van der Waals surface area contributed by atoms with E-state index >= 15 is 0 Å². The molecule has 1 fully saturated rings. The Labute approximate surface area is 122 Å². The van der Waals surface area contributed by atoms with Crippen molar-refractivity contribution in [2.75, 3.05) is 5.73 Å². The molecule has 1 aromatic rings. The van der Waals surface area contributed by atoms with Crippen LogP contribution in [0.5, 0.6) is 0 Å². The number of nitrogen functional groups attached to an aromatic ring is 1. The first-order chi connectivity index (χ1) is 8.90. The molecule has 6 heteroatoms. The van der Waals surface area contributed by atoms with Gasteiger partial charge in [-0.05, 0) is 37.5 Å². The van der Waals surface area contributed by atoms with E-state index in [0.717, 1.165) is 25.7 Å². The second kappa shape index (κ2) is 5.81. The molecule has 106 valence electrons. The van der Waals surface area contributed by atoms with E-state index in [1.807, 2.05) is 0 Å². The minimum atomic E-state index is -3.50. The molecule has 1 saturated carbocycles. The summed E-state index contributed by atoms with van der Waals surface area (Å²) >= 11 is 3.29. The van der Waals surface area contributed by atoms with E-state index in [1.165, 1.54) is 6.42 Å². The third kappa shape index (κ3) is 3.49. The van der Waals surface area contributed by atoms with Gasteiger partial charge in [-0.1, -0.05) is 35.2 Å². The molecule has 0 amide bonds. The number of sulfonamides is 1. The van der Waals surface area contributed by atoms with Crippen LogP contribution in [0.4, 0.5) is 5.69 Å². The van der Waals surface area contributed by atoms with Crippen molar-refractivity contribution in [2.45, 2.75) is 50.0 Å². The van der Waals surface area contributed by atoms with Crippen LogP contribution in [0.1, 0.15) is 37.7 Å². The lowest BCUT2D eigenvalue weighted by molar-refractivity contribution is 0.412. The van der Waals surface area contributed by atoms with Crippen molar-refractivity contribution in [3.8, 4) is 0 Å². The van der Waals surface area contributed by atoms with Gasteiger partial charge in [0.05, 0.1) is 4.90 Å². The first kappa shape index (κ1) is 14.8. The average Bonchev–Trinajstić information content (AvgIpc) is 2.34. The molecule has 2 rings (SSSR count). The van der Waals surface area contributed by atoms with Gasteiger partial charge in [0.15, 0.2) is 0 Å². The number of anilines is 1. The van der Waals surface area contributed by atoms with Crippen LogP contribution in [-0.4, -0.2) is 14.5 Å². The summed E-state index contributed by atoms with van der Waals surface area (Å²) < 4.78 is 28.4. The number of nitrogens with two attached hydrogens (primary N) is 1. The van der Waals surface area contributed by atoms with Crippen molar-refractivity contribution >= 4 is 31.6 Å². The molecule has 0 aromatic heterocycles. The smallest absolute Gasteiger partial charge is 0.241 e. The predicted octanol–water partition coefficient (Wildman–Crippen LogP) is 2.95. The van der Waals surface area contributed by atoms with Gasteiger partial charge in [0.1, 0.15) is 0 Å². The van der Waals surface area contributed by atoms with Crippen LogP contribution in [0.3, 0.4) is 0 Å². The monoisotopic (exact) mass is 346 g/mol. The molecular formula is C13H19BrN2O2S. The minimum absolute atomic E-state index is 0.0540. The van der Waals surface area contributed by atoms with E-state index in [9.17, 15) is 8.42 Å². The van der Waals surface area contributed by atoms with E-state index in [1.54, 1.807) is 19.1 Å². The molecule has 0 aliphatic heterocycles. The molecule has 4 nitrogen and oxygen atoms in total. The Kier molecular flexibility index (Phi) is 4.53. The normalized spacial score (nSPS) is 17.6. The van der Waals surface area contributed by atoms with E-state index in [4.69, 9.17) is 5.73 Å². The van der Waals surface area contributed by atoms with Crippen LogP contribution in [-0.2, 0) is 10.0 Å². The van der Waals surface area contributed by atoms with Gasteiger partial charge in [0, 0.05) is 16.2 Å². The SMILES string of the molecule is Cc1c(N)cc(Br)cc1S(=O)(=O)NC1CCCCC1. The molecule has 0 saturated heterocycles. The fourth-order valence-electron chi connectivity index (χ4n) is 2.46. The Morgan fingerprint density at radius 1 is 1.26 bits per heavy atom. The molecule has 1 aliphatic rings. The van der Waals surface area contributed by atoms with Crippen LogP contribution >= 0.6 is 15.9 Å². The fourth-order valence-corrected chi connectivity index (χ4v) is 4.69. The molecule has 0 spiro atoms. The zero-order chi connectivity index (χ0) is 14.0. The van der Waals surface area contributed by atoms with Crippen molar-refractivity contribution in [1.82, 2.24) is 4.72 Å². The van der Waals surface area contributed by atoms with Gasteiger partial charge in [-0.3, -0.25) is 0 Å². The van der Waals surface area contributed by atoms with Gasteiger partial charge < -0.3 is 5.73 Å². The van der Waals surface area contributed by atoms with Gasteiger partial charge in [0.25, 0.3) is 0 Å². The Morgan fingerprint density at radius 3 is 2.53 bits per heavy atom. The third-order valence-corrected chi connectivity index (χ3v) is 5.69. The maximum atomic E-state index is 12.4. The third-order valence-electron chi connectivity index (χ3n) is 3.58. The molecule has 19 heavy (non-hydrogen) atoms. The highest BCUT2D eigenvalue weighted by Crippen LogP contribution is 2.27. The summed E-state index contributed by atoms with van der Waals surface area (Å²) in [5, 5.41) is 0. The number of hydrogen-bond acceptors (Lipinski definition) is 3.